The third-order valence-electron chi connectivity index (χ3n) is 5.54. The van der Waals surface area contributed by atoms with Gasteiger partial charge < -0.3 is 14.9 Å². The lowest BCUT2D eigenvalue weighted by Crippen LogP contribution is -2.36. The molecule has 36 heavy (non-hydrogen) atoms. The second-order valence-corrected chi connectivity index (χ2v) is 8.36. The van der Waals surface area contributed by atoms with Crippen molar-refractivity contribution in [2.75, 3.05) is 20.3 Å². The van der Waals surface area contributed by atoms with Crippen molar-refractivity contribution < 1.29 is 50.9 Å². The fourth-order valence-corrected chi connectivity index (χ4v) is 3.51. The third kappa shape index (κ3) is 9.26. The minimum atomic E-state index is -5.08. The lowest BCUT2D eigenvalue weighted by molar-refractivity contribution is -0.193. The Labute approximate surface area is 202 Å². The molecule has 2 aromatic rings. The van der Waals surface area contributed by atoms with E-state index in [4.69, 9.17) is 29.5 Å². The van der Waals surface area contributed by atoms with Crippen LogP contribution in [0.2, 0.25) is 0 Å². The molecule has 0 unspecified atom stereocenters. The number of ether oxygens (including phenoxy) is 1. The Bertz CT molecular complexity index is 1010. The van der Waals surface area contributed by atoms with Gasteiger partial charge in [0.1, 0.15) is 0 Å². The Morgan fingerprint density at radius 2 is 1.47 bits per heavy atom. The third-order valence-corrected chi connectivity index (χ3v) is 5.54. The first kappa shape index (κ1) is 29.3. The second-order valence-electron chi connectivity index (χ2n) is 8.36. The first-order valence-corrected chi connectivity index (χ1v) is 11.0. The summed E-state index contributed by atoms with van der Waals surface area (Å²) in [6, 6.07) is 11.6. The zero-order valence-corrected chi connectivity index (χ0v) is 19.3. The van der Waals surface area contributed by atoms with Gasteiger partial charge in [0, 0.05) is 42.8 Å². The van der Waals surface area contributed by atoms with Crippen molar-refractivity contribution >= 4 is 22.8 Å². The summed E-state index contributed by atoms with van der Waals surface area (Å²) < 4.78 is 69.0. The van der Waals surface area contributed by atoms with E-state index >= 15 is 0 Å². The number of pyridine rings is 1. The number of aromatic nitrogens is 1. The van der Waals surface area contributed by atoms with Gasteiger partial charge in [0.2, 0.25) is 0 Å². The molecule has 0 atom stereocenters. The lowest BCUT2D eigenvalue weighted by atomic mass is 10.0. The largest absolute Gasteiger partial charge is 0.490 e. The average molecular weight is 524 g/mol. The molecule has 1 aromatic carbocycles. The molecule has 4 rings (SSSR count). The molecule has 200 valence electrons. The van der Waals surface area contributed by atoms with Crippen molar-refractivity contribution in [1.29, 1.82) is 0 Å². The fraction of sp³-hybridized carbons (Fsp3) is 0.522. The quantitative estimate of drug-likeness (QED) is 0.544. The number of aliphatic carboxylic acids is 2. The van der Waals surface area contributed by atoms with Crippen LogP contribution >= 0.6 is 0 Å². The number of carboxylic acid groups (broad SMARTS) is 2. The first-order chi connectivity index (χ1) is 16.7. The Hall–Kier alpha value is -2.93. The number of para-hydroxylation sites is 1. The van der Waals surface area contributed by atoms with Crippen LogP contribution in [-0.2, 0) is 20.9 Å². The molecular weight excluding hydrogens is 498 g/mol. The van der Waals surface area contributed by atoms with E-state index in [-0.39, 0.29) is 0 Å². The van der Waals surface area contributed by atoms with E-state index in [1.807, 2.05) is 0 Å². The molecule has 0 amide bonds. The highest BCUT2D eigenvalue weighted by molar-refractivity contribution is 5.82. The minimum absolute atomic E-state index is 0.644. The molecule has 2 N–H and O–H groups in total. The molecule has 2 fully saturated rings. The van der Waals surface area contributed by atoms with Crippen molar-refractivity contribution in [2.24, 2.45) is 0 Å². The van der Waals surface area contributed by atoms with Gasteiger partial charge in [-0.2, -0.15) is 26.3 Å². The van der Waals surface area contributed by atoms with Gasteiger partial charge in [-0.05, 0) is 50.4 Å². The number of alkyl halides is 6. The van der Waals surface area contributed by atoms with E-state index in [1.165, 1.54) is 29.5 Å². The lowest BCUT2D eigenvalue weighted by Gasteiger charge is -2.31. The maximum Gasteiger partial charge on any atom is 0.490 e. The van der Waals surface area contributed by atoms with E-state index in [0.29, 0.717) is 12.0 Å². The number of carbonyl (C=O) groups is 2. The summed E-state index contributed by atoms with van der Waals surface area (Å²) in [7, 11) is 2.25. The standard InChI is InChI=1S/C19H24N2O.2C2HF3O2/c1-21(16-8-10-22-11-9-16)13-15-12-19(14-6-7-14)20-18-5-3-2-4-17(15)18;2*3-2(4,5)1(6)7/h2-5,12,14,16H,6-11,13H2,1H3;2*(H,6,7). The molecule has 1 aliphatic heterocycles. The number of hydrogen-bond acceptors (Lipinski definition) is 5. The van der Waals surface area contributed by atoms with Crippen LogP contribution in [0.15, 0.2) is 30.3 Å². The van der Waals surface area contributed by atoms with E-state index in [9.17, 15) is 26.3 Å². The van der Waals surface area contributed by atoms with Crippen LogP contribution in [0.3, 0.4) is 0 Å². The highest BCUT2D eigenvalue weighted by Crippen LogP contribution is 2.40. The van der Waals surface area contributed by atoms with Crippen LogP contribution in [0.25, 0.3) is 10.9 Å². The monoisotopic (exact) mass is 524 g/mol. The van der Waals surface area contributed by atoms with Gasteiger partial charge in [0.25, 0.3) is 0 Å². The maximum absolute atomic E-state index is 10.6. The summed E-state index contributed by atoms with van der Waals surface area (Å²) in [6.07, 6.45) is -5.26. The average Bonchev–Trinajstić information content (AvgIpc) is 3.65. The molecule has 0 radical (unpaired) electrons. The normalized spacial score (nSPS) is 16.6. The second kappa shape index (κ2) is 12.3. The van der Waals surface area contributed by atoms with E-state index in [2.05, 4.69) is 42.3 Å². The molecule has 13 heteroatoms. The van der Waals surface area contributed by atoms with Crippen molar-refractivity contribution in [2.45, 2.75) is 56.5 Å². The van der Waals surface area contributed by atoms with Crippen molar-refractivity contribution in [3.05, 3.63) is 41.6 Å². The van der Waals surface area contributed by atoms with Crippen LogP contribution in [0.4, 0.5) is 26.3 Å². The first-order valence-electron chi connectivity index (χ1n) is 11.0. The van der Waals surface area contributed by atoms with E-state index in [1.54, 1.807) is 0 Å². The van der Waals surface area contributed by atoms with Crippen LogP contribution in [-0.4, -0.2) is 70.7 Å². The van der Waals surface area contributed by atoms with Gasteiger partial charge in [-0.25, -0.2) is 9.59 Å². The van der Waals surface area contributed by atoms with Gasteiger partial charge >= 0.3 is 24.3 Å². The molecule has 1 aromatic heterocycles. The summed E-state index contributed by atoms with van der Waals surface area (Å²) in [5.41, 5.74) is 3.89. The summed E-state index contributed by atoms with van der Waals surface area (Å²) in [5, 5.41) is 15.6. The predicted molar refractivity (Wildman–Crippen MR) is 116 cm³/mol. The van der Waals surface area contributed by atoms with E-state index in [0.717, 1.165) is 38.1 Å². The number of carboxylic acids is 2. The molecule has 1 saturated carbocycles. The topological polar surface area (TPSA) is 100.0 Å². The van der Waals surface area contributed by atoms with Crippen LogP contribution < -0.4 is 0 Å². The SMILES string of the molecule is CN(Cc1cc(C2CC2)nc2ccccc12)C1CCOCC1.O=C(O)C(F)(F)F.O=C(O)C(F)(F)F. The van der Waals surface area contributed by atoms with E-state index < -0.39 is 24.3 Å². The molecule has 1 saturated heterocycles. The highest BCUT2D eigenvalue weighted by atomic mass is 19.4. The Balaban J connectivity index is 0.000000271. The predicted octanol–water partition coefficient (Wildman–Crippen LogP) is 4.99. The molecule has 0 bridgehead atoms. The summed E-state index contributed by atoms with van der Waals surface area (Å²) in [6.45, 7) is 2.81. The number of hydrogen-bond donors (Lipinski definition) is 2. The highest BCUT2D eigenvalue weighted by Gasteiger charge is 2.38. The molecular formula is C23H26F6N2O5. The Kier molecular flexibility index (Phi) is 10.1. The summed E-state index contributed by atoms with van der Waals surface area (Å²) in [4.78, 5) is 25.2. The number of nitrogens with zero attached hydrogens (tertiary/aromatic N) is 2. The van der Waals surface area contributed by atoms with Gasteiger partial charge in [-0.15, -0.1) is 0 Å². The van der Waals surface area contributed by atoms with Crippen LogP contribution in [0, 0.1) is 0 Å². The number of halogens is 6. The smallest absolute Gasteiger partial charge is 0.475 e. The van der Waals surface area contributed by atoms with Gasteiger partial charge in [-0.3, -0.25) is 9.88 Å². The molecule has 1 aliphatic carbocycles. The van der Waals surface area contributed by atoms with Crippen molar-refractivity contribution in [1.82, 2.24) is 9.88 Å². The summed E-state index contributed by atoms with van der Waals surface area (Å²) in [5.74, 6) is -4.81. The molecule has 0 spiro atoms. The van der Waals surface area contributed by atoms with Gasteiger partial charge in [-0.1, -0.05) is 18.2 Å². The molecule has 2 aliphatic rings. The number of benzene rings is 1. The molecule has 2 heterocycles. The maximum atomic E-state index is 10.6. The summed E-state index contributed by atoms with van der Waals surface area (Å²) >= 11 is 0. The zero-order valence-electron chi connectivity index (χ0n) is 19.3. The molecule has 7 nitrogen and oxygen atoms in total. The Morgan fingerprint density at radius 3 is 1.94 bits per heavy atom. The zero-order chi connectivity index (χ0) is 27.1. The van der Waals surface area contributed by atoms with Gasteiger partial charge in [0.15, 0.2) is 0 Å². The van der Waals surface area contributed by atoms with Crippen LogP contribution in [0.1, 0.15) is 42.9 Å². The Morgan fingerprint density at radius 1 is 0.972 bits per heavy atom. The van der Waals surface area contributed by atoms with Crippen molar-refractivity contribution in [3.8, 4) is 0 Å². The number of rotatable bonds is 4. The fourth-order valence-electron chi connectivity index (χ4n) is 3.51. The van der Waals surface area contributed by atoms with Crippen LogP contribution in [0.5, 0.6) is 0 Å². The van der Waals surface area contributed by atoms with Crippen molar-refractivity contribution in [3.63, 3.8) is 0 Å². The van der Waals surface area contributed by atoms with Gasteiger partial charge in [0.05, 0.1) is 5.52 Å². The number of fused-ring (bicyclic) bond motifs is 1. The minimum Gasteiger partial charge on any atom is -0.475 e.